The van der Waals surface area contributed by atoms with Crippen LogP contribution in [0.4, 0.5) is 0 Å². The molecule has 0 radical (unpaired) electrons. The van der Waals surface area contributed by atoms with E-state index in [1.165, 1.54) is 38.3 Å². The second kappa shape index (κ2) is 13.6. The van der Waals surface area contributed by atoms with Gasteiger partial charge in [0.05, 0.1) is 22.1 Å². The third-order valence-corrected chi connectivity index (χ3v) is 13.6. The molecule has 8 aromatic carbocycles. The summed E-state index contributed by atoms with van der Waals surface area (Å²) >= 11 is 0. The SMILES string of the molecule is CC1(C)CCC(C)(C)c2cc3c(cc21)c1cc2c(cc1n3-c1ccccc1)c1ccccc1n2-c1nc(-c2cccc(-c3ccccc3)c2)nc(-c2ccc3ccccc3c2)n1. The van der Waals surface area contributed by atoms with E-state index in [9.17, 15) is 0 Å². The Morgan fingerprint density at radius 2 is 0.919 bits per heavy atom. The van der Waals surface area contributed by atoms with Gasteiger partial charge in [0.25, 0.3) is 0 Å². The minimum absolute atomic E-state index is 0.0669. The molecule has 12 rings (SSSR count). The molecule has 0 unspecified atom stereocenters. The number of nitrogens with zero attached hydrogens (tertiary/aromatic N) is 5. The molecular weight excluding hydrogens is 755 g/mol. The molecule has 0 fully saturated rings. The minimum Gasteiger partial charge on any atom is -0.309 e. The fraction of sp³-hybridized carbons (Fsp3) is 0.140. The van der Waals surface area contributed by atoms with Crippen LogP contribution < -0.4 is 0 Å². The molecule has 0 aliphatic heterocycles. The van der Waals surface area contributed by atoms with E-state index < -0.39 is 0 Å². The highest BCUT2D eigenvalue weighted by Crippen LogP contribution is 2.49. The molecule has 0 spiro atoms. The van der Waals surface area contributed by atoms with Crippen LogP contribution >= 0.6 is 0 Å². The van der Waals surface area contributed by atoms with Gasteiger partial charge >= 0.3 is 0 Å². The summed E-state index contributed by atoms with van der Waals surface area (Å²) in [5.74, 6) is 1.84. The van der Waals surface area contributed by atoms with Crippen molar-refractivity contribution < 1.29 is 0 Å². The number of para-hydroxylation sites is 2. The highest BCUT2D eigenvalue weighted by Gasteiger charge is 2.38. The minimum atomic E-state index is 0.0669. The van der Waals surface area contributed by atoms with Crippen LogP contribution in [0.3, 0.4) is 0 Å². The van der Waals surface area contributed by atoms with Crippen LogP contribution in [0.1, 0.15) is 51.7 Å². The molecule has 1 aliphatic carbocycles. The Morgan fingerprint density at radius 3 is 1.68 bits per heavy atom. The van der Waals surface area contributed by atoms with Gasteiger partial charge < -0.3 is 4.57 Å². The summed E-state index contributed by atoms with van der Waals surface area (Å²) < 4.78 is 4.74. The van der Waals surface area contributed by atoms with Crippen LogP contribution in [-0.4, -0.2) is 24.1 Å². The smallest absolute Gasteiger partial charge is 0.238 e. The maximum atomic E-state index is 5.39. The molecule has 1 aliphatic rings. The Morgan fingerprint density at radius 1 is 0.371 bits per heavy atom. The summed E-state index contributed by atoms with van der Waals surface area (Å²) in [5, 5.41) is 7.09. The van der Waals surface area contributed by atoms with Gasteiger partial charge in [-0.1, -0.05) is 149 Å². The van der Waals surface area contributed by atoms with Gasteiger partial charge in [-0.15, -0.1) is 0 Å². The Labute approximate surface area is 361 Å². The normalized spacial score (nSPS) is 14.6. The van der Waals surface area contributed by atoms with Crippen molar-refractivity contribution in [2.75, 3.05) is 0 Å². The van der Waals surface area contributed by atoms with Gasteiger partial charge in [0.15, 0.2) is 11.6 Å². The van der Waals surface area contributed by atoms with Gasteiger partial charge in [0, 0.05) is 38.4 Å². The zero-order valence-corrected chi connectivity index (χ0v) is 35.4. The molecule has 3 heterocycles. The van der Waals surface area contributed by atoms with Crippen LogP contribution in [0.15, 0.2) is 176 Å². The van der Waals surface area contributed by atoms with E-state index in [4.69, 9.17) is 15.0 Å². The summed E-state index contributed by atoms with van der Waals surface area (Å²) in [6.45, 7) is 9.67. The predicted octanol–water partition coefficient (Wildman–Crippen LogP) is 14.6. The molecule has 5 nitrogen and oxygen atoms in total. The Hall–Kier alpha value is -7.37. The molecule has 0 saturated carbocycles. The summed E-state index contributed by atoms with van der Waals surface area (Å²) in [4.78, 5) is 16.0. The standard InChI is InChI=1S/C57H45N5/c1-56(2)28-29-57(3,4)48-35-52-44(32-47(48)56)46-34-51-45(33-50(46)61(52)42-22-9-6-10-23-42)43-24-13-14-25-49(43)62(51)55-59-53(40-21-15-20-39(30-40)36-16-7-5-8-17-36)58-54(60-55)41-27-26-37-18-11-12-19-38(37)31-41/h5-27,30-35H,28-29H2,1-4H3. The molecule has 0 bridgehead atoms. The zero-order chi connectivity index (χ0) is 41.7. The fourth-order valence-electron chi connectivity index (χ4n) is 10.1. The fourth-order valence-corrected chi connectivity index (χ4v) is 10.1. The molecule has 0 saturated heterocycles. The first-order valence-electron chi connectivity index (χ1n) is 21.7. The molecule has 5 heteroatoms. The van der Waals surface area contributed by atoms with Crippen molar-refractivity contribution in [1.82, 2.24) is 24.1 Å². The van der Waals surface area contributed by atoms with Gasteiger partial charge in [0.1, 0.15) is 0 Å². The van der Waals surface area contributed by atoms with E-state index in [0.717, 1.165) is 68.0 Å². The highest BCUT2D eigenvalue weighted by molar-refractivity contribution is 6.19. The summed E-state index contributed by atoms with van der Waals surface area (Å²) in [7, 11) is 0. The third kappa shape index (κ3) is 5.72. The first kappa shape index (κ1) is 36.5. The second-order valence-electron chi connectivity index (χ2n) is 18.4. The third-order valence-electron chi connectivity index (χ3n) is 13.6. The quantitative estimate of drug-likeness (QED) is 0.174. The van der Waals surface area contributed by atoms with E-state index >= 15 is 0 Å². The molecule has 298 valence electrons. The number of hydrogen-bond donors (Lipinski definition) is 0. The van der Waals surface area contributed by atoms with E-state index in [1.54, 1.807) is 0 Å². The average Bonchev–Trinajstić information content (AvgIpc) is 3.81. The molecule has 0 N–H and O–H groups in total. The van der Waals surface area contributed by atoms with Crippen LogP contribution in [0, 0.1) is 0 Å². The summed E-state index contributed by atoms with van der Waals surface area (Å²) in [6.07, 6.45) is 2.32. The Kier molecular flexibility index (Phi) is 7.98. The van der Waals surface area contributed by atoms with Crippen LogP contribution in [0.25, 0.3) is 99.9 Å². The van der Waals surface area contributed by atoms with E-state index in [-0.39, 0.29) is 10.8 Å². The van der Waals surface area contributed by atoms with Gasteiger partial charge in [-0.2, -0.15) is 9.97 Å². The van der Waals surface area contributed by atoms with E-state index in [2.05, 4.69) is 213 Å². The highest BCUT2D eigenvalue weighted by atomic mass is 15.2. The molecule has 11 aromatic rings. The van der Waals surface area contributed by atoms with Gasteiger partial charge in [-0.25, -0.2) is 4.98 Å². The Bertz CT molecular complexity index is 3570. The first-order valence-corrected chi connectivity index (χ1v) is 21.7. The first-order chi connectivity index (χ1) is 30.2. The zero-order valence-electron chi connectivity index (χ0n) is 35.4. The molecular formula is C57H45N5. The number of benzene rings is 8. The van der Waals surface area contributed by atoms with Gasteiger partial charge in [-0.05, 0) is 111 Å². The van der Waals surface area contributed by atoms with Crippen LogP contribution in [0.5, 0.6) is 0 Å². The lowest BCUT2D eigenvalue weighted by atomic mass is 9.63. The van der Waals surface area contributed by atoms with Crippen molar-refractivity contribution in [2.24, 2.45) is 0 Å². The predicted molar refractivity (Wildman–Crippen MR) is 258 cm³/mol. The van der Waals surface area contributed by atoms with Gasteiger partial charge in [0.2, 0.25) is 5.95 Å². The Balaban J connectivity index is 1.16. The maximum absolute atomic E-state index is 5.39. The van der Waals surface area contributed by atoms with E-state index in [1.807, 2.05) is 0 Å². The number of rotatable bonds is 5. The number of hydrogen-bond acceptors (Lipinski definition) is 3. The second-order valence-corrected chi connectivity index (χ2v) is 18.4. The van der Waals surface area contributed by atoms with Crippen molar-refractivity contribution in [1.29, 1.82) is 0 Å². The molecule has 0 amide bonds. The molecule has 62 heavy (non-hydrogen) atoms. The monoisotopic (exact) mass is 799 g/mol. The number of aromatic nitrogens is 5. The summed E-state index contributed by atoms with van der Waals surface area (Å²) in [6, 6.07) is 63.3. The average molecular weight is 800 g/mol. The largest absolute Gasteiger partial charge is 0.309 e. The van der Waals surface area contributed by atoms with Crippen molar-refractivity contribution in [3.63, 3.8) is 0 Å². The van der Waals surface area contributed by atoms with Crippen molar-refractivity contribution in [3.8, 4) is 45.5 Å². The lowest BCUT2D eigenvalue weighted by molar-refractivity contribution is 0.332. The van der Waals surface area contributed by atoms with Crippen molar-refractivity contribution in [3.05, 3.63) is 187 Å². The lowest BCUT2D eigenvalue weighted by Crippen LogP contribution is -2.33. The maximum Gasteiger partial charge on any atom is 0.238 e. The topological polar surface area (TPSA) is 48.5 Å². The van der Waals surface area contributed by atoms with Crippen LogP contribution in [-0.2, 0) is 10.8 Å². The number of fused-ring (bicyclic) bond motifs is 8. The lowest BCUT2D eigenvalue weighted by Gasteiger charge is -2.42. The van der Waals surface area contributed by atoms with Crippen LogP contribution in [0.2, 0.25) is 0 Å². The molecule has 0 atom stereocenters. The van der Waals surface area contributed by atoms with Crippen molar-refractivity contribution >= 4 is 54.4 Å². The summed E-state index contributed by atoms with van der Waals surface area (Å²) in [5.41, 5.74) is 12.9. The molecule has 3 aromatic heterocycles. The van der Waals surface area contributed by atoms with E-state index in [0.29, 0.717) is 17.6 Å². The van der Waals surface area contributed by atoms with Crippen molar-refractivity contribution in [2.45, 2.75) is 51.4 Å². The van der Waals surface area contributed by atoms with Gasteiger partial charge in [-0.3, -0.25) is 4.57 Å².